The van der Waals surface area contributed by atoms with E-state index in [1.807, 2.05) is 19.9 Å². The van der Waals surface area contributed by atoms with Crippen molar-refractivity contribution in [3.63, 3.8) is 0 Å². The van der Waals surface area contributed by atoms with Gasteiger partial charge in [0, 0.05) is 19.3 Å². The molecule has 1 fully saturated rings. The zero-order chi connectivity index (χ0) is 14.7. The van der Waals surface area contributed by atoms with E-state index >= 15 is 0 Å². The molecule has 0 aromatic carbocycles. The van der Waals surface area contributed by atoms with Crippen molar-refractivity contribution in [2.24, 2.45) is 16.8 Å². The standard InChI is InChI=1S/C14H22N4O2/c1-9-3-6-16-14(12(9)13(15)17-20)18-7-4-11(5-8-18)10(2)19/h3,6,10-11,19-20H,4-5,7-8H2,1-2H3,(H2,15,17). The quantitative estimate of drug-likeness (QED) is 0.333. The summed E-state index contributed by atoms with van der Waals surface area (Å²) in [7, 11) is 0. The molecule has 1 unspecified atom stereocenters. The highest BCUT2D eigenvalue weighted by Crippen LogP contribution is 2.27. The number of nitrogens with two attached hydrogens (primary N) is 1. The molecule has 110 valence electrons. The minimum atomic E-state index is -0.272. The SMILES string of the molecule is Cc1ccnc(N2CCC(C(C)O)CC2)c1/C(N)=N/O. The minimum absolute atomic E-state index is 0.0863. The number of pyridine rings is 1. The van der Waals surface area contributed by atoms with Gasteiger partial charge in [-0.05, 0) is 44.2 Å². The lowest BCUT2D eigenvalue weighted by Crippen LogP contribution is -2.38. The van der Waals surface area contributed by atoms with Crippen molar-refractivity contribution in [1.29, 1.82) is 0 Å². The molecule has 4 N–H and O–H groups in total. The van der Waals surface area contributed by atoms with Gasteiger partial charge < -0.3 is 20.9 Å². The van der Waals surface area contributed by atoms with Crippen molar-refractivity contribution in [2.75, 3.05) is 18.0 Å². The van der Waals surface area contributed by atoms with E-state index in [9.17, 15) is 5.11 Å². The average molecular weight is 278 g/mol. The van der Waals surface area contributed by atoms with E-state index in [-0.39, 0.29) is 11.9 Å². The molecule has 20 heavy (non-hydrogen) atoms. The van der Waals surface area contributed by atoms with Gasteiger partial charge >= 0.3 is 0 Å². The molecule has 0 radical (unpaired) electrons. The molecule has 1 saturated heterocycles. The number of rotatable bonds is 3. The fourth-order valence-electron chi connectivity index (χ4n) is 2.74. The molecule has 1 aromatic rings. The molecular formula is C14H22N4O2. The van der Waals surface area contributed by atoms with E-state index < -0.39 is 0 Å². The third-order valence-corrected chi connectivity index (χ3v) is 4.02. The summed E-state index contributed by atoms with van der Waals surface area (Å²) >= 11 is 0. The van der Waals surface area contributed by atoms with Crippen molar-refractivity contribution in [2.45, 2.75) is 32.8 Å². The molecule has 2 heterocycles. The largest absolute Gasteiger partial charge is 0.409 e. The first-order valence-corrected chi connectivity index (χ1v) is 6.91. The summed E-state index contributed by atoms with van der Waals surface area (Å²) in [5.41, 5.74) is 7.39. The zero-order valence-electron chi connectivity index (χ0n) is 12.0. The summed E-state index contributed by atoms with van der Waals surface area (Å²) in [6.45, 7) is 5.39. The van der Waals surface area contributed by atoms with E-state index in [2.05, 4.69) is 15.0 Å². The Labute approximate surface area is 118 Å². The van der Waals surface area contributed by atoms with Crippen molar-refractivity contribution < 1.29 is 10.3 Å². The zero-order valence-corrected chi connectivity index (χ0v) is 12.0. The topological polar surface area (TPSA) is 95.0 Å². The van der Waals surface area contributed by atoms with Gasteiger partial charge in [0.15, 0.2) is 5.84 Å². The van der Waals surface area contributed by atoms with Gasteiger partial charge in [0.2, 0.25) is 0 Å². The Morgan fingerprint density at radius 2 is 2.15 bits per heavy atom. The third-order valence-electron chi connectivity index (χ3n) is 4.02. The maximum atomic E-state index is 9.65. The van der Waals surface area contributed by atoms with Crippen LogP contribution in [0.3, 0.4) is 0 Å². The first-order chi connectivity index (χ1) is 9.54. The van der Waals surface area contributed by atoms with Crippen LogP contribution in [0, 0.1) is 12.8 Å². The number of hydrogen-bond donors (Lipinski definition) is 3. The van der Waals surface area contributed by atoms with Crippen molar-refractivity contribution in [3.8, 4) is 0 Å². The van der Waals surface area contributed by atoms with Crippen molar-refractivity contribution >= 4 is 11.7 Å². The predicted molar refractivity (Wildman–Crippen MR) is 78.1 cm³/mol. The summed E-state index contributed by atoms with van der Waals surface area (Å²) in [5, 5.41) is 21.7. The number of hydrogen-bond acceptors (Lipinski definition) is 5. The van der Waals surface area contributed by atoms with Gasteiger partial charge in [-0.3, -0.25) is 0 Å². The minimum Gasteiger partial charge on any atom is -0.409 e. The molecule has 6 heteroatoms. The number of anilines is 1. The summed E-state index contributed by atoms with van der Waals surface area (Å²) < 4.78 is 0. The van der Waals surface area contributed by atoms with Crippen LogP contribution in [0.2, 0.25) is 0 Å². The normalized spacial score (nSPS) is 19.1. The molecule has 1 atom stereocenters. The molecule has 2 rings (SSSR count). The molecular weight excluding hydrogens is 256 g/mol. The summed E-state index contributed by atoms with van der Waals surface area (Å²) in [5.74, 6) is 1.18. The molecule has 0 saturated carbocycles. The number of nitrogens with zero attached hydrogens (tertiary/aromatic N) is 3. The number of amidine groups is 1. The van der Waals surface area contributed by atoms with Gasteiger partial charge in [-0.2, -0.15) is 0 Å². The van der Waals surface area contributed by atoms with Crippen LogP contribution < -0.4 is 10.6 Å². The van der Waals surface area contributed by atoms with E-state index in [1.54, 1.807) is 6.20 Å². The van der Waals surface area contributed by atoms with Crippen LogP contribution in [-0.4, -0.2) is 40.3 Å². The van der Waals surface area contributed by atoms with E-state index in [4.69, 9.17) is 10.9 Å². The highest BCUT2D eigenvalue weighted by molar-refractivity contribution is 6.02. The maximum Gasteiger partial charge on any atom is 0.174 e. The Morgan fingerprint density at radius 3 is 2.70 bits per heavy atom. The lowest BCUT2D eigenvalue weighted by atomic mass is 9.92. The molecule has 6 nitrogen and oxygen atoms in total. The lowest BCUT2D eigenvalue weighted by molar-refractivity contribution is 0.110. The van der Waals surface area contributed by atoms with Crippen LogP contribution in [0.15, 0.2) is 17.4 Å². The number of aryl methyl sites for hydroxylation is 1. The molecule has 0 bridgehead atoms. The van der Waals surface area contributed by atoms with Crippen molar-refractivity contribution in [3.05, 3.63) is 23.4 Å². The average Bonchev–Trinajstić information content (AvgIpc) is 2.46. The molecule has 1 aliphatic heterocycles. The van der Waals surface area contributed by atoms with Crippen LogP contribution in [0.1, 0.15) is 30.9 Å². The predicted octanol–water partition coefficient (Wildman–Crippen LogP) is 1.08. The molecule has 1 aliphatic rings. The Bertz CT molecular complexity index is 494. The van der Waals surface area contributed by atoms with Gasteiger partial charge in [-0.1, -0.05) is 5.16 Å². The van der Waals surface area contributed by atoms with Crippen LogP contribution >= 0.6 is 0 Å². The number of piperidine rings is 1. The van der Waals surface area contributed by atoms with Gasteiger partial charge in [0.25, 0.3) is 0 Å². The summed E-state index contributed by atoms with van der Waals surface area (Å²) in [6.07, 6.45) is 3.30. The van der Waals surface area contributed by atoms with Crippen LogP contribution in [0.25, 0.3) is 0 Å². The Balaban J connectivity index is 2.24. The van der Waals surface area contributed by atoms with Gasteiger partial charge in [-0.25, -0.2) is 4.98 Å². The van der Waals surface area contributed by atoms with Crippen LogP contribution in [0.5, 0.6) is 0 Å². The highest BCUT2D eigenvalue weighted by Gasteiger charge is 2.25. The first kappa shape index (κ1) is 14.6. The second kappa shape index (κ2) is 6.09. The lowest BCUT2D eigenvalue weighted by Gasteiger charge is -2.35. The van der Waals surface area contributed by atoms with Crippen LogP contribution in [0.4, 0.5) is 5.82 Å². The summed E-state index contributed by atoms with van der Waals surface area (Å²) in [4.78, 5) is 6.53. The fourth-order valence-corrected chi connectivity index (χ4v) is 2.74. The van der Waals surface area contributed by atoms with E-state index in [0.717, 1.165) is 37.3 Å². The summed E-state index contributed by atoms with van der Waals surface area (Å²) in [6, 6.07) is 1.85. The first-order valence-electron chi connectivity index (χ1n) is 6.91. The van der Waals surface area contributed by atoms with E-state index in [0.29, 0.717) is 11.5 Å². The Hall–Kier alpha value is -1.82. The third kappa shape index (κ3) is 2.85. The second-order valence-corrected chi connectivity index (χ2v) is 5.38. The smallest absolute Gasteiger partial charge is 0.174 e. The number of aliphatic hydroxyl groups is 1. The second-order valence-electron chi connectivity index (χ2n) is 5.38. The van der Waals surface area contributed by atoms with Crippen LogP contribution in [-0.2, 0) is 0 Å². The van der Waals surface area contributed by atoms with Gasteiger partial charge in [-0.15, -0.1) is 0 Å². The fraction of sp³-hybridized carbons (Fsp3) is 0.571. The van der Waals surface area contributed by atoms with E-state index in [1.165, 1.54) is 0 Å². The monoisotopic (exact) mass is 278 g/mol. The molecule has 0 amide bonds. The number of aliphatic hydroxyl groups excluding tert-OH is 1. The molecule has 0 spiro atoms. The van der Waals surface area contributed by atoms with Crippen molar-refractivity contribution in [1.82, 2.24) is 4.98 Å². The number of oxime groups is 1. The maximum absolute atomic E-state index is 9.65. The Morgan fingerprint density at radius 1 is 1.50 bits per heavy atom. The van der Waals surface area contributed by atoms with Gasteiger partial charge in [0.05, 0.1) is 11.7 Å². The Kier molecular flexibility index (Phi) is 4.44. The molecule has 1 aromatic heterocycles. The van der Waals surface area contributed by atoms with Gasteiger partial charge in [0.1, 0.15) is 5.82 Å². The highest BCUT2D eigenvalue weighted by atomic mass is 16.4. The number of aromatic nitrogens is 1. The molecule has 0 aliphatic carbocycles.